The molecule has 2 aromatic rings. The predicted molar refractivity (Wildman–Crippen MR) is 68.7 cm³/mol. The molecule has 0 aliphatic carbocycles. The van der Waals surface area contributed by atoms with Crippen LogP contribution in [-0.2, 0) is 4.79 Å². The van der Waals surface area contributed by atoms with Gasteiger partial charge in [0.2, 0.25) is 0 Å². The van der Waals surface area contributed by atoms with Crippen LogP contribution in [0.4, 0.5) is 5.69 Å². The minimum absolute atomic E-state index is 0.0400. The van der Waals surface area contributed by atoms with E-state index in [4.69, 9.17) is 4.74 Å². The number of carbonyl (C=O) groups is 1. The van der Waals surface area contributed by atoms with Gasteiger partial charge in [0.25, 0.3) is 0 Å². The van der Waals surface area contributed by atoms with E-state index < -0.39 is 0 Å². The van der Waals surface area contributed by atoms with Crippen LogP contribution in [0.3, 0.4) is 0 Å². The van der Waals surface area contributed by atoms with Gasteiger partial charge in [0.1, 0.15) is 18.0 Å². The van der Waals surface area contributed by atoms with E-state index in [0.29, 0.717) is 11.4 Å². The number of phenols is 1. The van der Waals surface area contributed by atoms with Gasteiger partial charge >= 0.3 is 5.97 Å². The van der Waals surface area contributed by atoms with Gasteiger partial charge < -0.3 is 15.2 Å². The molecule has 0 unspecified atom stereocenters. The van der Waals surface area contributed by atoms with Gasteiger partial charge in [0.05, 0.1) is 0 Å². The summed E-state index contributed by atoms with van der Waals surface area (Å²) in [4.78, 5) is 11.5. The lowest BCUT2D eigenvalue weighted by Crippen LogP contribution is -2.19. The van der Waals surface area contributed by atoms with Gasteiger partial charge in [-0.2, -0.15) is 0 Å². The molecule has 0 aliphatic heterocycles. The van der Waals surface area contributed by atoms with Crippen molar-refractivity contribution in [3.8, 4) is 11.5 Å². The Hall–Kier alpha value is -2.49. The maximum Gasteiger partial charge on any atom is 0.330 e. The lowest BCUT2D eigenvalue weighted by Gasteiger charge is -2.07. The lowest BCUT2D eigenvalue weighted by atomic mass is 10.3. The zero-order valence-corrected chi connectivity index (χ0v) is 9.67. The third-order valence-corrected chi connectivity index (χ3v) is 2.26. The summed E-state index contributed by atoms with van der Waals surface area (Å²) >= 11 is 0. The van der Waals surface area contributed by atoms with Crippen molar-refractivity contribution in [1.29, 1.82) is 0 Å². The second-order valence-corrected chi connectivity index (χ2v) is 3.69. The van der Waals surface area contributed by atoms with E-state index in [0.717, 1.165) is 0 Å². The molecule has 4 nitrogen and oxygen atoms in total. The molecular formula is C14H13NO3. The summed E-state index contributed by atoms with van der Waals surface area (Å²) < 4.78 is 5.10. The Kier molecular flexibility index (Phi) is 3.81. The zero-order chi connectivity index (χ0) is 12.8. The first kappa shape index (κ1) is 12.0. The van der Waals surface area contributed by atoms with Crippen molar-refractivity contribution in [2.45, 2.75) is 0 Å². The molecule has 2 N–H and O–H groups in total. The van der Waals surface area contributed by atoms with E-state index in [1.807, 2.05) is 6.07 Å². The van der Waals surface area contributed by atoms with Gasteiger partial charge in [-0.3, -0.25) is 0 Å². The molecule has 0 aromatic heterocycles. The molecule has 18 heavy (non-hydrogen) atoms. The van der Waals surface area contributed by atoms with E-state index >= 15 is 0 Å². The summed E-state index contributed by atoms with van der Waals surface area (Å²) in [6.07, 6.45) is 0. The standard InChI is InChI=1S/C14H13NO3/c16-12-6-4-5-11(9-12)15-10-14(17)18-13-7-2-1-3-8-13/h1-9,15-16H,10H2. The predicted octanol–water partition coefficient (Wildman–Crippen LogP) is 2.41. The van der Waals surface area contributed by atoms with Crippen LogP contribution >= 0.6 is 0 Å². The minimum atomic E-state index is -0.385. The third kappa shape index (κ3) is 3.52. The number of aromatic hydroxyl groups is 1. The number of hydrogen-bond donors (Lipinski definition) is 2. The average molecular weight is 243 g/mol. The Morgan fingerprint density at radius 1 is 1.11 bits per heavy atom. The van der Waals surface area contributed by atoms with E-state index in [2.05, 4.69) is 5.32 Å². The Balaban J connectivity index is 1.85. The summed E-state index contributed by atoms with van der Waals surface area (Å²) in [5.41, 5.74) is 0.667. The SMILES string of the molecule is O=C(CNc1cccc(O)c1)Oc1ccccc1. The summed E-state index contributed by atoms with van der Waals surface area (Å²) in [6, 6.07) is 15.4. The van der Waals surface area contributed by atoms with Gasteiger partial charge in [-0.15, -0.1) is 0 Å². The molecule has 0 bridgehead atoms. The maximum atomic E-state index is 11.5. The molecule has 2 aromatic carbocycles. The van der Waals surface area contributed by atoms with Crippen LogP contribution in [0.1, 0.15) is 0 Å². The number of hydrogen-bond acceptors (Lipinski definition) is 4. The molecule has 0 atom stereocenters. The number of phenolic OH excluding ortho intramolecular Hbond substituents is 1. The molecule has 0 fully saturated rings. The zero-order valence-electron chi connectivity index (χ0n) is 9.67. The van der Waals surface area contributed by atoms with Crippen LogP contribution < -0.4 is 10.1 Å². The highest BCUT2D eigenvalue weighted by Gasteiger charge is 2.04. The molecule has 0 heterocycles. The number of benzene rings is 2. The average Bonchev–Trinajstić information content (AvgIpc) is 2.38. The summed E-state index contributed by atoms with van der Waals surface area (Å²) in [5.74, 6) is 0.279. The van der Waals surface area contributed by atoms with Gasteiger partial charge in [-0.1, -0.05) is 24.3 Å². The van der Waals surface area contributed by atoms with Crippen LogP contribution in [0.15, 0.2) is 54.6 Å². The van der Waals surface area contributed by atoms with Crippen molar-refractivity contribution in [3.63, 3.8) is 0 Å². The second-order valence-electron chi connectivity index (χ2n) is 3.69. The van der Waals surface area contributed by atoms with Crippen molar-refractivity contribution < 1.29 is 14.6 Å². The minimum Gasteiger partial charge on any atom is -0.508 e. The summed E-state index contributed by atoms with van der Waals surface area (Å²) in [5, 5.41) is 12.1. The van der Waals surface area contributed by atoms with Crippen molar-refractivity contribution in [3.05, 3.63) is 54.6 Å². The van der Waals surface area contributed by atoms with Gasteiger partial charge in [-0.25, -0.2) is 4.79 Å². The number of carbonyl (C=O) groups excluding carboxylic acids is 1. The van der Waals surface area contributed by atoms with Crippen LogP contribution in [-0.4, -0.2) is 17.6 Å². The fourth-order valence-corrected chi connectivity index (χ4v) is 1.45. The molecule has 4 heteroatoms. The summed E-state index contributed by atoms with van der Waals surface area (Å²) in [6.45, 7) is 0.0400. The summed E-state index contributed by atoms with van der Waals surface area (Å²) in [7, 11) is 0. The molecule has 0 spiro atoms. The van der Waals surface area contributed by atoms with Crippen molar-refractivity contribution in [1.82, 2.24) is 0 Å². The fraction of sp³-hybridized carbons (Fsp3) is 0.0714. The van der Waals surface area contributed by atoms with Crippen LogP contribution in [0.2, 0.25) is 0 Å². The van der Waals surface area contributed by atoms with Crippen LogP contribution in [0.25, 0.3) is 0 Å². The topological polar surface area (TPSA) is 58.6 Å². The molecule has 0 aliphatic rings. The first-order valence-electron chi connectivity index (χ1n) is 5.53. The number of ether oxygens (including phenoxy) is 1. The number of nitrogens with one attached hydrogen (secondary N) is 1. The quantitative estimate of drug-likeness (QED) is 0.639. The van der Waals surface area contributed by atoms with Crippen LogP contribution in [0, 0.1) is 0 Å². The van der Waals surface area contributed by atoms with E-state index in [1.54, 1.807) is 42.5 Å². The molecule has 0 radical (unpaired) electrons. The first-order chi connectivity index (χ1) is 8.74. The number of rotatable bonds is 4. The highest BCUT2D eigenvalue weighted by Crippen LogP contribution is 2.15. The van der Waals surface area contributed by atoms with Crippen LogP contribution in [0.5, 0.6) is 11.5 Å². The Bertz CT molecular complexity index is 526. The second kappa shape index (κ2) is 5.72. The van der Waals surface area contributed by atoms with Crippen molar-refractivity contribution >= 4 is 11.7 Å². The highest BCUT2D eigenvalue weighted by molar-refractivity contribution is 5.77. The Labute approximate surface area is 105 Å². The monoisotopic (exact) mass is 243 g/mol. The molecule has 2 rings (SSSR count). The molecule has 0 amide bonds. The van der Waals surface area contributed by atoms with Gasteiger partial charge in [0, 0.05) is 11.8 Å². The van der Waals surface area contributed by atoms with Crippen molar-refractivity contribution in [2.24, 2.45) is 0 Å². The smallest absolute Gasteiger partial charge is 0.330 e. The largest absolute Gasteiger partial charge is 0.508 e. The first-order valence-corrected chi connectivity index (χ1v) is 5.53. The Morgan fingerprint density at radius 2 is 1.89 bits per heavy atom. The third-order valence-electron chi connectivity index (χ3n) is 2.26. The molecule has 0 saturated heterocycles. The van der Waals surface area contributed by atoms with E-state index in [-0.39, 0.29) is 18.3 Å². The lowest BCUT2D eigenvalue weighted by molar-refractivity contribution is -0.132. The number of para-hydroxylation sites is 1. The molecule has 0 saturated carbocycles. The number of esters is 1. The molecular weight excluding hydrogens is 230 g/mol. The van der Waals surface area contributed by atoms with E-state index in [9.17, 15) is 9.90 Å². The number of anilines is 1. The molecule has 92 valence electrons. The fourth-order valence-electron chi connectivity index (χ4n) is 1.45. The highest BCUT2D eigenvalue weighted by atomic mass is 16.5. The maximum absolute atomic E-state index is 11.5. The van der Waals surface area contributed by atoms with E-state index in [1.165, 1.54) is 6.07 Å². The van der Waals surface area contributed by atoms with Gasteiger partial charge in [-0.05, 0) is 24.3 Å². The van der Waals surface area contributed by atoms with Crippen molar-refractivity contribution in [2.75, 3.05) is 11.9 Å². The Morgan fingerprint density at radius 3 is 2.61 bits per heavy atom. The van der Waals surface area contributed by atoms with Gasteiger partial charge in [0.15, 0.2) is 0 Å². The normalized spacial score (nSPS) is 9.78.